The van der Waals surface area contributed by atoms with Gasteiger partial charge in [-0.15, -0.1) is 11.6 Å². The summed E-state index contributed by atoms with van der Waals surface area (Å²) in [6.07, 6.45) is 0. The first-order valence-electron chi connectivity index (χ1n) is 5.42. The Bertz CT molecular complexity index is 546. The molecule has 0 radical (unpaired) electrons. The first-order valence-corrected chi connectivity index (χ1v) is 5.95. The van der Waals surface area contributed by atoms with Crippen molar-refractivity contribution in [1.29, 1.82) is 0 Å². The van der Waals surface area contributed by atoms with E-state index >= 15 is 0 Å². The number of aromatic nitrogens is 2. The van der Waals surface area contributed by atoms with Crippen LogP contribution < -0.4 is 14.2 Å². The molecule has 0 N–H and O–H groups in total. The van der Waals surface area contributed by atoms with Crippen molar-refractivity contribution in [1.82, 2.24) is 10.1 Å². The van der Waals surface area contributed by atoms with Gasteiger partial charge in [-0.25, -0.2) is 0 Å². The Morgan fingerprint density at radius 2 is 1.74 bits per heavy atom. The largest absolute Gasteiger partial charge is 0.493 e. The molecule has 6 nitrogen and oxygen atoms in total. The van der Waals surface area contributed by atoms with Crippen molar-refractivity contribution >= 4 is 11.6 Å². The average Bonchev–Trinajstić information content (AvgIpc) is 2.94. The molecule has 1 aromatic heterocycles. The third-order valence-electron chi connectivity index (χ3n) is 2.50. The maximum Gasteiger partial charge on any atom is 0.258 e. The molecule has 0 amide bonds. The predicted molar refractivity (Wildman–Crippen MR) is 68.9 cm³/mol. The molecular formula is C12H13ClN2O4. The number of alkyl halides is 1. The van der Waals surface area contributed by atoms with E-state index in [9.17, 15) is 0 Å². The van der Waals surface area contributed by atoms with Gasteiger partial charge in [-0.05, 0) is 12.1 Å². The van der Waals surface area contributed by atoms with Gasteiger partial charge in [0.05, 0.1) is 27.2 Å². The zero-order valence-corrected chi connectivity index (χ0v) is 11.5. The number of ether oxygens (including phenoxy) is 3. The van der Waals surface area contributed by atoms with Crippen LogP contribution in [0.3, 0.4) is 0 Å². The van der Waals surface area contributed by atoms with E-state index in [-0.39, 0.29) is 5.88 Å². The summed E-state index contributed by atoms with van der Waals surface area (Å²) in [5.41, 5.74) is 0.665. The Morgan fingerprint density at radius 1 is 1.11 bits per heavy atom. The van der Waals surface area contributed by atoms with Gasteiger partial charge in [-0.1, -0.05) is 5.16 Å². The molecule has 0 aliphatic carbocycles. The van der Waals surface area contributed by atoms with Crippen LogP contribution in [0.1, 0.15) is 5.82 Å². The second-order valence-corrected chi connectivity index (χ2v) is 3.83. The number of hydrogen-bond donors (Lipinski definition) is 0. The van der Waals surface area contributed by atoms with E-state index < -0.39 is 0 Å². The number of rotatable bonds is 5. The number of benzene rings is 1. The van der Waals surface area contributed by atoms with E-state index in [1.165, 1.54) is 0 Å². The number of halogens is 1. The lowest BCUT2D eigenvalue weighted by Crippen LogP contribution is -1.95. The lowest BCUT2D eigenvalue weighted by atomic mass is 10.2. The van der Waals surface area contributed by atoms with Crippen LogP contribution in [0.15, 0.2) is 16.7 Å². The fourth-order valence-electron chi connectivity index (χ4n) is 1.63. The standard InChI is InChI=1S/C12H13ClN2O4/c1-16-8-4-7(5-9(17-2)11(8)18-3)12-14-10(6-13)15-19-12/h4-5H,6H2,1-3H3. The molecule has 0 spiro atoms. The molecule has 7 heteroatoms. The molecule has 19 heavy (non-hydrogen) atoms. The molecule has 1 aromatic carbocycles. The molecular weight excluding hydrogens is 272 g/mol. The lowest BCUT2D eigenvalue weighted by molar-refractivity contribution is 0.324. The van der Waals surface area contributed by atoms with Crippen LogP contribution in [-0.2, 0) is 5.88 Å². The summed E-state index contributed by atoms with van der Waals surface area (Å²) in [7, 11) is 4.62. The Balaban J connectivity index is 2.51. The molecule has 2 aromatic rings. The first-order chi connectivity index (χ1) is 9.23. The van der Waals surface area contributed by atoms with E-state index in [1.807, 2.05) is 0 Å². The van der Waals surface area contributed by atoms with Gasteiger partial charge in [0.15, 0.2) is 17.3 Å². The summed E-state index contributed by atoms with van der Waals surface area (Å²) in [6.45, 7) is 0. The third-order valence-corrected chi connectivity index (χ3v) is 2.74. The Kier molecular flexibility index (Phi) is 4.11. The number of nitrogens with zero attached hydrogens (tertiary/aromatic N) is 2. The number of hydrogen-bond acceptors (Lipinski definition) is 6. The zero-order chi connectivity index (χ0) is 13.8. The van der Waals surface area contributed by atoms with E-state index in [2.05, 4.69) is 10.1 Å². The summed E-state index contributed by atoms with van der Waals surface area (Å²) in [4.78, 5) is 4.14. The minimum absolute atomic E-state index is 0.188. The second kappa shape index (κ2) is 5.79. The van der Waals surface area contributed by atoms with Gasteiger partial charge < -0.3 is 18.7 Å². The van der Waals surface area contributed by atoms with E-state index in [0.717, 1.165) is 0 Å². The highest BCUT2D eigenvalue weighted by atomic mass is 35.5. The number of methoxy groups -OCH3 is 3. The normalized spacial score (nSPS) is 10.3. The van der Waals surface area contributed by atoms with Crippen LogP contribution >= 0.6 is 11.6 Å². The molecule has 0 saturated heterocycles. The molecule has 0 bridgehead atoms. The molecule has 0 fully saturated rings. The summed E-state index contributed by atoms with van der Waals surface area (Å²) in [5, 5.41) is 3.73. The predicted octanol–water partition coefficient (Wildman–Crippen LogP) is 2.50. The zero-order valence-electron chi connectivity index (χ0n) is 10.8. The minimum atomic E-state index is 0.188. The fourth-order valence-corrected chi connectivity index (χ4v) is 1.74. The van der Waals surface area contributed by atoms with Crippen molar-refractivity contribution in [3.63, 3.8) is 0 Å². The molecule has 0 atom stereocenters. The van der Waals surface area contributed by atoms with E-state index in [4.69, 9.17) is 30.3 Å². The van der Waals surface area contributed by atoms with Gasteiger partial charge in [0, 0.05) is 5.56 Å². The molecule has 0 aliphatic rings. The maximum atomic E-state index is 5.64. The highest BCUT2D eigenvalue weighted by molar-refractivity contribution is 6.16. The highest BCUT2D eigenvalue weighted by Gasteiger charge is 2.17. The van der Waals surface area contributed by atoms with Gasteiger partial charge >= 0.3 is 0 Å². The van der Waals surface area contributed by atoms with Crippen LogP contribution in [0.5, 0.6) is 17.2 Å². The second-order valence-electron chi connectivity index (χ2n) is 3.56. The topological polar surface area (TPSA) is 66.6 Å². The van der Waals surface area contributed by atoms with Crippen LogP contribution in [0.4, 0.5) is 0 Å². The molecule has 2 rings (SSSR count). The van der Waals surface area contributed by atoms with Crippen molar-refractivity contribution in [2.75, 3.05) is 21.3 Å². The van der Waals surface area contributed by atoms with Crippen molar-refractivity contribution < 1.29 is 18.7 Å². The summed E-state index contributed by atoms with van der Waals surface area (Å²) in [6, 6.07) is 3.46. The monoisotopic (exact) mass is 284 g/mol. The van der Waals surface area contributed by atoms with Crippen molar-refractivity contribution in [3.05, 3.63) is 18.0 Å². The van der Waals surface area contributed by atoms with Crippen LogP contribution in [0, 0.1) is 0 Å². The molecule has 102 valence electrons. The quantitative estimate of drug-likeness (QED) is 0.786. The average molecular weight is 285 g/mol. The Morgan fingerprint density at radius 3 is 2.16 bits per heavy atom. The van der Waals surface area contributed by atoms with Gasteiger partial charge in [-0.2, -0.15) is 4.98 Å². The maximum absolute atomic E-state index is 5.64. The van der Waals surface area contributed by atoms with Crippen LogP contribution in [0.25, 0.3) is 11.5 Å². The van der Waals surface area contributed by atoms with Gasteiger partial charge in [0.25, 0.3) is 5.89 Å². The Labute approximate surface area is 115 Å². The third kappa shape index (κ3) is 2.58. The molecule has 0 unspecified atom stereocenters. The lowest BCUT2D eigenvalue weighted by Gasteiger charge is -2.12. The molecule has 0 saturated carbocycles. The van der Waals surface area contributed by atoms with Crippen LogP contribution in [-0.4, -0.2) is 31.5 Å². The van der Waals surface area contributed by atoms with E-state index in [0.29, 0.717) is 34.5 Å². The Hall–Kier alpha value is -1.95. The van der Waals surface area contributed by atoms with Crippen molar-refractivity contribution in [3.8, 4) is 28.7 Å². The summed E-state index contributed by atoms with van der Waals surface area (Å²) in [5.74, 6) is 2.49. The highest BCUT2D eigenvalue weighted by Crippen LogP contribution is 2.40. The first kappa shape index (κ1) is 13.5. The SMILES string of the molecule is COc1cc(-c2nc(CCl)no2)cc(OC)c1OC. The van der Waals surface area contributed by atoms with Gasteiger partial charge in [0.1, 0.15) is 0 Å². The van der Waals surface area contributed by atoms with Gasteiger partial charge in [-0.3, -0.25) is 0 Å². The summed E-state index contributed by atoms with van der Waals surface area (Å²) < 4.78 is 20.9. The van der Waals surface area contributed by atoms with Crippen LogP contribution in [0.2, 0.25) is 0 Å². The van der Waals surface area contributed by atoms with Gasteiger partial charge in [0.2, 0.25) is 5.75 Å². The minimum Gasteiger partial charge on any atom is -0.493 e. The van der Waals surface area contributed by atoms with Crippen molar-refractivity contribution in [2.45, 2.75) is 5.88 Å². The van der Waals surface area contributed by atoms with E-state index in [1.54, 1.807) is 33.5 Å². The smallest absolute Gasteiger partial charge is 0.258 e. The summed E-state index contributed by atoms with van der Waals surface area (Å²) >= 11 is 5.64. The molecule has 1 heterocycles. The fraction of sp³-hybridized carbons (Fsp3) is 0.333. The molecule has 0 aliphatic heterocycles. The van der Waals surface area contributed by atoms with Crippen molar-refractivity contribution in [2.24, 2.45) is 0 Å².